The van der Waals surface area contributed by atoms with Crippen molar-refractivity contribution in [2.45, 2.75) is 63.6 Å². The maximum atomic E-state index is 3.60. The van der Waals surface area contributed by atoms with Crippen LogP contribution in [0.2, 0.25) is 0 Å². The predicted octanol–water partition coefficient (Wildman–Crippen LogP) is 2.18. The number of fused-ring (bicyclic) bond motifs is 1. The molecule has 3 nitrogen and oxygen atoms in total. The Labute approximate surface area is 125 Å². The molecule has 1 N–H and O–H groups in total. The van der Waals surface area contributed by atoms with E-state index in [1.54, 1.807) is 0 Å². The molecule has 0 spiro atoms. The Hall–Kier alpha value is -0.120. The van der Waals surface area contributed by atoms with Gasteiger partial charge in [0.15, 0.2) is 0 Å². The molecule has 2 saturated heterocycles. The molecule has 1 saturated carbocycles. The molecule has 5 unspecified atom stereocenters. The van der Waals surface area contributed by atoms with Gasteiger partial charge in [0.25, 0.3) is 0 Å². The first-order chi connectivity index (χ1) is 9.69. The van der Waals surface area contributed by atoms with E-state index in [0.717, 1.165) is 30.0 Å². The minimum absolute atomic E-state index is 0.726. The average molecular weight is 279 g/mol. The summed E-state index contributed by atoms with van der Waals surface area (Å²) in [7, 11) is 4.50. The zero-order valence-electron chi connectivity index (χ0n) is 13.6. The molecular formula is C17H33N3. The lowest BCUT2D eigenvalue weighted by molar-refractivity contribution is -0.000414. The van der Waals surface area contributed by atoms with Crippen LogP contribution in [0, 0.1) is 11.8 Å². The number of hydrogen-bond donors (Lipinski definition) is 1. The van der Waals surface area contributed by atoms with Crippen LogP contribution in [0.4, 0.5) is 0 Å². The van der Waals surface area contributed by atoms with Gasteiger partial charge < -0.3 is 10.2 Å². The Kier molecular flexibility index (Phi) is 4.68. The molecule has 0 aromatic rings. The maximum absolute atomic E-state index is 3.60. The van der Waals surface area contributed by atoms with Crippen LogP contribution in [0.3, 0.4) is 0 Å². The summed E-state index contributed by atoms with van der Waals surface area (Å²) in [5, 5.41) is 3.60. The second-order valence-corrected chi connectivity index (χ2v) is 7.61. The standard InChI is InChI=1S/C17H33N3/c1-13-6-7-15(18-2)17(11-13)20-10-8-16-14(12-20)5-4-9-19(16)3/h13-18H,4-12H2,1-3H3. The van der Waals surface area contributed by atoms with Crippen molar-refractivity contribution in [3.8, 4) is 0 Å². The summed E-state index contributed by atoms with van der Waals surface area (Å²) < 4.78 is 0. The van der Waals surface area contributed by atoms with Crippen molar-refractivity contribution in [2.24, 2.45) is 11.8 Å². The molecule has 3 fully saturated rings. The van der Waals surface area contributed by atoms with E-state index in [0.29, 0.717) is 0 Å². The first kappa shape index (κ1) is 14.8. The molecule has 116 valence electrons. The highest BCUT2D eigenvalue weighted by molar-refractivity contribution is 4.96. The molecule has 5 atom stereocenters. The van der Waals surface area contributed by atoms with E-state index in [1.165, 1.54) is 58.2 Å². The van der Waals surface area contributed by atoms with Gasteiger partial charge in [-0.25, -0.2) is 0 Å². The van der Waals surface area contributed by atoms with Gasteiger partial charge in [0.05, 0.1) is 0 Å². The molecule has 0 radical (unpaired) electrons. The van der Waals surface area contributed by atoms with Crippen LogP contribution in [0.15, 0.2) is 0 Å². The topological polar surface area (TPSA) is 18.5 Å². The highest BCUT2D eigenvalue weighted by Crippen LogP contribution is 2.34. The number of piperidine rings is 2. The highest BCUT2D eigenvalue weighted by Gasteiger charge is 2.39. The molecule has 0 amide bonds. The quantitative estimate of drug-likeness (QED) is 0.836. The normalized spacial score (nSPS) is 44.2. The Morgan fingerprint density at radius 1 is 1.00 bits per heavy atom. The largest absolute Gasteiger partial charge is 0.315 e. The second-order valence-electron chi connectivity index (χ2n) is 7.61. The van der Waals surface area contributed by atoms with Crippen molar-refractivity contribution in [3.05, 3.63) is 0 Å². The minimum Gasteiger partial charge on any atom is -0.315 e. The molecule has 0 aromatic carbocycles. The number of rotatable bonds is 2. The van der Waals surface area contributed by atoms with E-state index in [2.05, 4.69) is 36.1 Å². The van der Waals surface area contributed by atoms with Crippen LogP contribution in [0.1, 0.15) is 45.4 Å². The summed E-state index contributed by atoms with van der Waals surface area (Å²) >= 11 is 0. The number of nitrogens with zero attached hydrogens (tertiary/aromatic N) is 2. The molecule has 3 heteroatoms. The summed E-state index contributed by atoms with van der Waals surface area (Å²) in [6.45, 7) is 6.44. The van der Waals surface area contributed by atoms with E-state index >= 15 is 0 Å². The van der Waals surface area contributed by atoms with E-state index in [9.17, 15) is 0 Å². The molecule has 0 bridgehead atoms. The van der Waals surface area contributed by atoms with Crippen molar-refractivity contribution >= 4 is 0 Å². The Morgan fingerprint density at radius 2 is 1.85 bits per heavy atom. The SMILES string of the molecule is CNC1CCC(C)CC1N1CCC2C(CCCN2C)C1. The Morgan fingerprint density at radius 3 is 2.65 bits per heavy atom. The van der Waals surface area contributed by atoms with Gasteiger partial charge in [-0.2, -0.15) is 0 Å². The van der Waals surface area contributed by atoms with Crippen molar-refractivity contribution in [1.82, 2.24) is 15.1 Å². The minimum atomic E-state index is 0.726. The van der Waals surface area contributed by atoms with E-state index in [4.69, 9.17) is 0 Å². The molecule has 1 aliphatic carbocycles. The van der Waals surface area contributed by atoms with Gasteiger partial charge in [-0.3, -0.25) is 4.90 Å². The van der Waals surface area contributed by atoms with Crippen LogP contribution in [0.5, 0.6) is 0 Å². The van der Waals surface area contributed by atoms with Crippen molar-refractivity contribution in [2.75, 3.05) is 33.7 Å². The van der Waals surface area contributed by atoms with Gasteiger partial charge in [-0.15, -0.1) is 0 Å². The summed E-state index contributed by atoms with van der Waals surface area (Å²) in [6, 6.07) is 2.38. The summed E-state index contributed by atoms with van der Waals surface area (Å²) in [5.41, 5.74) is 0. The Balaban J connectivity index is 1.65. The summed E-state index contributed by atoms with van der Waals surface area (Å²) in [5.74, 6) is 1.84. The Bertz CT molecular complexity index is 319. The van der Waals surface area contributed by atoms with Crippen LogP contribution < -0.4 is 5.32 Å². The van der Waals surface area contributed by atoms with Gasteiger partial charge in [0.1, 0.15) is 0 Å². The van der Waals surface area contributed by atoms with Crippen molar-refractivity contribution in [3.63, 3.8) is 0 Å². The fourth-order valence-corrected chi connectivity index (χ4v) is 5.07. The lowest BCUT2D eigenvalue weighted by atomic mass is 9.79. The first-order valence-corrected chi connectivity index (χ1v) is 8.80. The van der Waals surface area contributed by atoms with Gasteiger partial charge in [0.2, 0.25) is 0 Å². The van der Waals surface area contributed by atoms with Gasteiger partial charge in [-0.05, 0) is 71.0 Å². The third-order valence-corrected chi connectivity index (χ3v) is 6.30. The van der Waals surface area contributed by atoms with Gasteiger partial charge in [-0.1, -0.05) is 6.92 Å². The fourth-order valence-electron chi connectivity index (χ4n) is 5.07. The predicted molar refractivity (Wildman–Crippen MR) is 85.0 cm³/mol. The second kappa shape index (κ2) is 6.33. The fraction of sp³-hybridized carbons (Fsp3) is 1.00. The van der Waals surface area contributed by atoms with Crippen LogP contribution in [-0.4, -0.2) is 61.7 Å². The molecule has 2 heterocycles. The third kappa shape index (κ3) is 2.90. The lowest BCUT2D eigenvalue weighted by Crippen LogP contribution is -2.59. The van der Waals surface area contributed by atoms with E-state index in [1.807, 2.05) is 0 Å². The zero-order chi connectivity index (χ0) is 14.1. The van der Waals surface area contributed by atoms with Crippen LogP contribution in [-0.2, 0) is 0 Å². The van der Waals surface area contributed by atoms with E-state index in [-0.39, 0.29) is 0 Å². The first-order valence-electron chi connectivity index (χ1n) is 8.80. The number of hydrogen-bond acceptors (Lipinski definition) is 3. The molecule has 2 aliphatic heterocycles. The third-order valence-electron chi connectivity index (χ3n) is 6.30. The molecule has 3 rings (SSSR count). The molecule has 3 aliphatic rings. The molecule has 20 heavy (non-hydrogen) atoms. The average Bonchev–Trinajstić information content (AvgIpc) is 2.47. The monoisotopic (exact) mass is 279 g/mol. The summed E-state index contributed by atoms with van der Waals surface area (Å²) in [4.78, 5) is 5.47. The van der Waals surface area contributed by atoms with Crippen LogP contribution in [0.25, 0.3) is 0 Å². The number of likely N-dealkylation sites (N-methyl/N-ethyl adjacent to an activating group) is 1. The molecular weight excluding hydrogens is 246 g/mol. The van der Waals surface area contributed by atoms with Crippen molar-refractivity contribution < 1.29 is 0 Å². The number of nitrogens with one attached hydrogen (secondary N) is 1. The highest BCUT2D eigenvalue weighted by atomic mass is 15.2. The van der Waals surface area contributed by atoms with Gasteiger partial charge >= 0.3 is 0 Å². The summed E-state index contributed by atoms with van der Waals surface area (Å²) in [6.07, 6.45) is 8.43. The maximum Gasteiger partial charge on any atom is 0.0251 e. The smallest absolute Gasteiger partial charge is 0.0251 e. The van der Waals surface area contributed by atoms with Crippen LogP contribution >= 0.6 is 0 Å². The lowest BCUT2D eigenvalue weighted by Gasteiger charge is -2.50. The number of likely N-dealkylation sites (tertiary alicyclic amines) is 2. The zero-order valence-corrected chi connectivity index (χ0v) is 13.6. The van der Waals surface area contributed by atoms with Gasteiger partial charge in [0, 0.05) is 31.2 Å². The van der Waals surface area contributed by atoms with Crippen molar-refractivity contribution in [1.29, 1.82) is 0 Å². The van der Waals surface area contributed by atoms with E-state index < -0.39 is 0 Å². The molecule has 0 aromatic heterocycles.